The lowest BCUT2D eigenvalue weighted by atomic mass is 10.1. The highest BCUT2D eigenvalue weighted by atomic mass is 32.1. The molecule has 5 nitrogen and oxygen atoms in total. The lowest BCUT2D eigenvalue weighted by Gasteiger charge is -2.11. The van der Waals surface area contributed by atoms with E-state index in [0.29, 0.717) is 5.13 Å². The number of rotatable bonds is 6. The number of hydrogen-bond acceptors (Lipinski definition) is 5. The van der Waals surface area contributed by atoms with Crippen molar-refractivity contribution in [3.8, 4) is 11.3 Å². The van der Waals surface area contributed by atoms with Crippen molar-refractivity contribution in [2.24, 2.45) is 5.92 Å². The smallest absolute Gasteiger partial charge is 0.309 e. The fourth-order valence-electron chi connectivity index (χ4n) is 2.22. The predicted octanol–water partition coefficient (Wildman–Crippen LogP) is 3.65. The Bertz CT molecular complexity index is 735. The zero-order valence-electron chi connectivity index (χ0n) is 13.7. The van der Waals surface area contributed by atoms with Gasteiger partial charge >= 0.3 is 5.97 Å². The fraction of sp³-hybridized carbons (Fsp3) is 0.389. The van der Waals surface area contributed by atoms with Gasteiger partial charge < -0.3 is 4.74 Å². The van der Waals surface area contributed by atoms with Crippen molar-refractivity contribution in [3.05, 3.63) is 35.2 Å². The Morgan fingerprint density at radius 1 is 1.33 bits per heavy atom. The summed E-state index contributed by atoms with van der Waals surface area (Å²) in [5, 5.41) is 5.11. The van der Waals surface area contributed by atoms with Gasteiger partial charge in [0, 0.05) is 10.9 Å². The summed E-state index contributed by atoms with van der Waals surface area (Å²) in [4.78, 5) is 28.1. The Balaban J connectivity index is 1.60. The summed E-state index contributed by atoms with van der Waals surface area (Å²) in [7, 11) is 0. The van der Waals surface area contributed by atoms with Crippen LogP contribution in [0.5, 0.6) is 0 Å². The van der Waals surface area contributed by atoms with Crippen LogP contribution in [0.25, 0.3) is 11.3 Å². The van der Waals surface area contributed by atoms with Gasteiger partial charge in [-0.25, -0.2) is 4.98 Å². The van der Waals surface area contributed by atoms with E-state index in [0.717, 1.165) is 30.5 Å². The topological polar surface area (TPSA) is 68.3 Å². The van der Waals surface area contributed by atoms with Crippen LogP contribution in [0.3, 0.4) is 0 Å². The van der Waals surface area contributed by atoms with Gasteiger partial charge in [0.25, 0.3) is 5.91 Å². The van der Waals surface area contributed by atoms with Crippen molar-refractivity contribution in [2.75, 3.05) is 5.32 Å². The van der Waals surface area contributed by atoms with Crippen LogP contribution in [0.1, 0.15) is 32.3 Å². The molecule has 0 aliphatic heterocycles. The monoisotopic (exact) mass is 344 g/mol. The molecule has 3 rings (SSSR count). The fourth-order valence-corrected chi connectivity index (χ4v) is 2.95. The quantitative estimate of drug-likeness (QED) is 0.812. The second kappa shape index (κ2) is 7.13. The average molecular weight is 344 g/mol. The standard InChI is InChI=1S/C18H20N2O3S/c1-3-12-4-6-13(7-5-12)15-10-24-18(19-15)20-16(21)11(2)23-17(22)14-8-9-14/h4-7,10-11,14H,3,8-9H2,1-2H3,(H,19,20,21)/t11-/m1/s1. The van der Waals surface area contributed by atoms with Crippen LogP contribution in [0.15, 0.2) is 29.6 Å². The molecule has 0 saturated heterocycles. The predicted molar refractivity (Wildman–Crippen MR) is 93.8 cm³/mol. The number of carbonyl (C=O) groups is 2. The number of nitrogens with zero attached hydrogens (tertiary/aromatic N) is 1. The number of esters is 1. The van der Waals surface area contributed by atoms with Crippen LogP contribution in [-0.2, 0) is 20.7 Å². The van der Waals surface area contributed by atoms with Gasteiger partial charge in [-0.2, -0.15) is 0 Å². The van der Waals surface area contributed by atoms with Gasteiger partial charge in [-0.05, 0) is 31.7 Å². The summed E-state index contributed by atoms with van der Waals surface area (Å²) in [6, 6.07) is 8.21. The molecule has 1 fully saturated rings. The molecular weight excluding hydrogens is 324 g/mol. The molecule has 1 aromatic heterocycles. The van der Waals surface area contributed by atoms with Crippen LogP contribution in [0.4, 0.5) is 5.13 Å². The molecule has 6 heteroatoms. The Kier molecular flexibility index (Phi) is 4.94. The van der Waals surface area contributed by atoms with E-state index < -0.39 is 6.10 Å². The van der Waals surface area contributed by atoms with E-state index >= 15 is 0 Å². The highest BCUT2D eigenvalue weighted by molar-refractivity contribution is 7.14. The molecule has 1 amide bonds. The van der Waals surface area contributed by atoms with Gasteiger partial charge in [0.05, 0.1) is 11.6 Å². The van der Waals surface area contributed by atoms with Gasteiger partial charge in [-0.1, -0.05) is 31.2 Å². The molecule has 1 aliphatic rings. The molecule has 1 atom stereocenters. The normalized spacial score (nSPS) is 14.9. The molecule has 1 saturated carbocycles. The molecule has 1 aliphatic carbocycles. The number of amides is 1. The summed E-state index contributed by atoms with van der Waals surface area (Å²) in [6.07, 6.45) is 1.91. The van der Waals surface area contributed by atoms with Crippen molar-refractivity contribution in [2.45, 2.75) is 39.2 Å². The van der Waals surface area contributed by atoms with E-state index in [9.17, 15) is 9.59 Å². The second-order valence-electron chi connectivity index (χ2n) is 5.93. The summed E-state index contributed by atoms with van der Waals surface area (Å²) < 4.78 is 5.15. The van der Waals surface area contributed by atoms with Crippen molar-refractivity contribution < 1.29 is 14.3 Å². The van der Waals surface area contributed by atoms with E-state index in [1.165, 1.54) is 16.9 Å². The highest BCUT2D eigenvalue weighted by Gasteiger charge is 2.33. The number of benzene rings is 1. The Labute approximate surface area is 145 Å². The first-order valence-corrected chi connectivity index (χ1v) is 9.01. The zero-order chi connectivity index (χ0) is 17.1. The highest BCUT2D eigenvalue weighted by Crippen LogP contribution is 2.30. The molecule has 1 heterocycles. The van der Waals surface area contributed by atoms with E-state index in [1.807, 2.05) is 17.5 Å². The van der Waals surface area contributed by atoms with Crippen LogP contribution in [0.2, 0.25) is 0 Å². The lowest BCUT2D eigenvalue weighted by molar-refractivity contribution is -0.154. The Morgan fingerprint density at radius 3 is 2.67 bits per heavy atom. The minimum atomic E-state index is -0.811. The van der Waals surface area contributed by atoms with Crippen LogP contribution in [-0.4, -0.2) is 23.0 Å². The van der Waals surface area contributed by atoms with Gasteiger partial charge in [0.2, 0.25) is 0 Å². The first-order valence-electron chi connectivity index (χ1n) is 8.13. The van der Waals surface area contributed by atoms with Crippen LogP contribution < -0.4 is 5.32 Å². The van der Waals surface area contributed by atoms with Gasteiger partial charge in [0.1, 0.15) is 0 Å². The number of aromatic nitrogens is 1. The Morgan fingerprint density at radius 2 is 2.04 bits per heavy atom. The van der Waals surface area contributed by atoms with E-state index in [1.54, 1.807) is 6.92 Å². The summed E-state index contributed by atoms with van der Waals surface area (Å²) in [5.74, 6) is -0.655. The zero-order valence-corrected chi connectivity index (χ0v) is 14.6. The third-order valence-corrected chi connectivity index (χ3v) is 4.72. The summed E-state index contributed by atoms with van der Waals surface area (Å²) in [5.41, 5.74) is 3.10. The van der Waals surface area contributed by atoms with Crippen molar-refractivity contribution in [3.63, 3.8) is 0 Å². The molecule has 1 aromatic carbocycles. The molecule has 0 radical (unpaired) electrons. The maximum Gasteiger partial charge on any atom is 0.309 e. The molecule has 2 aromatic rings. The lowest BCUT2D eigenvalue weighted by Crippen LogP contribution is -2.30. The van der Waals surface area contributed by atoms with Crippen molar-refractivity contribution in [1.29, 1.82) is 0 Å². The molecule has 0 spiro atoms. The van der Waals surface area contributed by atoms with E-state index in [4.69, 9.17) is 4.74 Å². The summed E-state index contributed by atoms with van der Waals surface area (Å²) >= 11 is 1.35. The summed E-state index contributed by atoms with van der Waals surface area (Å²) in [6.45, 7) is 3.69. The number of ether oxygens (including phenoxy) is 1. The molecule has 24 heavy (non-hydrogen) atoms. The van der Waals surface area contributed by atoms with Gasteiger partial charge in [-0.15, -0.1) is 11.3 Å². The largest absolute Gasteiger partial charge is 0.452 e. The molecular formula is C18H20N2O3S. The van der Waals surface area contributed by atoms with Crippen molar-refractivity contribution in [1.82, 2.24) is 4.98 Å². The number of carbonyl (C=O) groups excluding carboxylic acids is 2. The molecule has 0 bridgehead atoms. The number of hydrogen-bond donors (Lipinski definition) is 1. The first kappa shape index (κ1) is 16.6. The first-order chi connectivity index (χ1) is 11.6. The molecule has 0 unspecified atom stereocenters. The maximum absolute atomic E-state index is 12.1. The third-order valence-electron chi connectivity index (χ3n) is 3.97. The molecule has 1 N–H and O–H groups in total. The molecule has 126 valence electrons. The van der Waals surface area contributed by atoms with Crippen LogP contribution >= 0.6 is 11.3 Å². The SMILES string of the molecule is CCc1ccc(-c2csc(NC(=O)[C@@H](C)OC(=O)C3CC3)n2)cc1. The number of thiazole rings is 1. The number of nitrogens with one attached hydrogen (secondary N) is 1. The second-order valence-corrected chi connectivity index (χ2v) is 6.79. The maximum atomic E-state index is 12.1. The van der Waals surface area contributed by atoms with Gasteiger partial charge in [0.15, 0.2) is 11.2 Å². The Hall–Kier alpha value is -2.21. The minimum absolute atomic E-state index is 0.0159. The third kappa shape index (κ3) is 4.00. The number of aryl methyl sites for hydroxylation is 1. The average Bonchev–Trinajstić information content (AvgIpc) is 3.35. The number of anilines is 1. The van der Waals surface area contributed by atoms with Gasteiger partial charge in [-0.3, -0.25) is 14.9 Å². The van der Waals surface area contributed by atoms with Crippen molar-refractivity contribution >= 4 is 28.3 Å². The van der Waals surface area contributed by atoms with Crippen LogP contribution in [0, 0.1) is 5.92 Å². The van der Waals surface area contributed by atoms with E-state index in [2.05, 4.69) is 29.4 Å². The minimum Gasteiger partial charge on any atom is -0.452 e. The van der Waals surface area contributed by atoms with E-state index in [-0.39, 0.29) is 17.8 Å².